The molecule has 3 heteroatoms. The van der Waals surface area contributed by atoms with Crippen LogP contribution in [0.5, 0.6) is 0 Å². The van der Waals surface area contributed by atoms with Gasteiger partial charge in [0.2, 0.25) is 0 Å². The highest BCUT2D eigenvalue weighted by Gasteiger charge is 2.23. The van der Waals surface area contributed by atoms with Gasteiger partial charge in [-0.15, -0.1) is 0 Å². The standard InChI is InChI=1S/C9H16N2O/c1-7(12)6-11-9-3-2-8(4-9)5-10/h7-9,11-12H,2-4,6H2,1H3/t7-,8?,9?/m0/s1. The van der Waals surface area contributed by atoms with Crippen LogP contribution in [-0.4, -0.2) is 23.8 Å². The number of rotatable bonds is 3. The van der Waals surface area contributed by atoms with E-state index < -0.39 is 0 Å². The van der Waals surface area contributed by atoms with E-state index in [1.807, 2.05) is 0 Å². The fourth-order valence-corrected chi connectivity index (χ4v) is 1.62. The van der Waals surface area contributed by atoms with Gasteiger partial charge in [-0.05, 0) is 26.2 Å². The Morgan fingerprint density at radius 2 is 2.42 bits per heavy atom. The molecule has 12 heavy (non-hydrogen) atoms. The van der Waals surface area contributed by atoms with Crippen LogP contribution in [0.4, 0.5) is 0 Å². The van der Waals surface area contributed by atoms with Crippen LogP contribution >= 0.6 is 0 Å². The lowest BCUT2D eigenvalue weighted by molar-refractivity contribution is 0.186. The van der Waals surface area contributed by atoms with Gasteiger partial charge in [0.1, 0.15) is 0 Å². The molecule has 0 aromatic rings. The second-order valence-electron chi connectivity index (χ2n) is 3.59. The number of nitrogens with one attached hydrogen (secondary N) is 1. The molecular weight excluding hydrogens is 152 g/mol. The summed E-state index contributed by atoms with van der Waals surface area (Å²) in [6.45, 7) is 2.41. The molecule has 1 aliphatic rings. The number of aliphatic hydroxyl groups is 1. The van der Waals surface area contributed by atoms with Gasteiger partial charge < -0.3 is 10.4 Å². The van der Waals surface area contributed by atoms with Crippen LogP contribution in [0.1, 0.15) is 26.2 Å². The van der Waals surface area contributed by atoms with Crippen molar-refractivity contribution >= 4 is 0 Å². The van der Waals surface area contributed by atoms with Crippen LogP contribution in [0.3, 0.4) is 0 Å². The van der Waals surface area contributed by atoms with E-state index in [9.17, 15) is 0 Å². The topological polar surface area (TPSA) is 56.0 Å². The highest BCUT2D eigenvalue weighted by Crippen LogP contribution is 2.24. The molecule has 2 N–H and O–H groups in total. The van der Waals surface area contributed by atoms with Gasteiger partial charge in [0, 0.05) is 18.5 Å². The van der Waals surface area contributed by atoms with Crippen LogP contribution in [0.25, 0.3) is 0 Å². The van der Waals surface area contributed by atoms with Crippen molar-refractivity contribution in [3.8, 4) is 6.07 Å². The first kappa shape index (κ1) is 9.50. The first-order valence-corrected chi connectivity index (χ1v) is 4.53. The summed E-state index contributed by atoms with van der Waals surface area (Å²) < 4.78 is 0. The Hall–Kier alpha value is -0.590. The molecule has 0 saturated heterocycles. The maximum Gasteiger partial charge on any atom is 0.0656 e. The van der Waals surface area contributed by atoms with E-state index in [4.69, 9.17) is 10.4 Å². The van der Waals surface area contributed by atoms with E-state index in [1.165, 1.54) is 0 Å². The lowest BCUT2D eigenvalue weighted by Crippen LogP contribution is -2.32. The van der Waals surface area contributed by atoms with Gasteiger partial charge in [0.05, 0.1) is 12.2 Å². The van der Waals surface area contributed by atoms with Crippen molar-refractivity contribution in [1.29, 1.82) is 5.26 Å². The first-order valence-electron chi connectivity index (χ1n) is 4.53. The highest BCUT2D eigenvalue weighted by atomic mass is 16.3. The zero-order valence-electron chi connectivity index (χ0n) is 7.45. The molecule has 0 amide bonds. The Labute approximate surface area is 73.4 Å². The van der Waals surface area contributed by atoms with E-state index >= 15 is 0 Å². The van der Waals surface area contributed by atoms with E-state index in [0.717, 1.165) is 19.3 Å². The zero-order valence-corrected chi connectivity index (χ0v) is 7.45. The number of hydrogen-bond donors (Lipinski definition) is 2. The lowest BCUT2D eigenvalue weighted by Gasteiger charge is -2.12. The van der Waals surface area contributed by atoms with Crippen molar-refractivity contribution in [2.24, 2.45) is 5.92 Å². The molecule has 3 atom stereocenters. The zero-order chi connectivity index (χ0) is 8.97. The van der Waals surface area contributed by atoms with E-state index in [1.54, 1.807) is 6.92 Å². The summed E-state index contributed by atoms with van der Waals surface area (Å²) in [5.74, 6) is 0.233. The fourth-order valence-electron chi connectivity index (χ4n) is 1.62. The third-order valence-corrected chi connectivity index (χ3v) is 2.32. The average molecular weight is 168 g/mol. The van der Waals surface area contributed by atoms with Crippen molar-refractivity contribution in [3.05, 3.63) is 0 Å². The molecule has 0 aromatic carbocycles. The highest BCUT2D eigenvalue weighted by molar-refractivity contribution is 4.92. The molecule has 1 rings (SSSR count). The van der Waals surface area contributed by atoms with E-state index in [2.05, 4.69) is 11.4 Å². The number of nitriles is 1. The molecule has 3 nitrogen and oxygen atoms in total. The summed E-state index contributed by atoms with van der Waals surface area (Å²) in [5, 5.41) is 20.9. The van der Waals surface area contributed by atoms with Crippen LogP contribution in [0, 0.1) is 17.2 Å². The van der Waals surface area contributed by atoms with E-state index in [-0.39, 0.29) is 12.0 Å². The Morgan fingerprint density at radius 1 is 1.67 bits per heavy atom. The molecule has 0 bridgehead atoms. The summed E-state index contributed by atoms with van der Waals surface area (Å²) in [7, 11) is 0. The largest absolute Gasteiger partial charge is 0.392 e. The Bertz CT molecular complexity index is 174. The SMILES string of the molecule is C[C@H](O)CNC1CCC(C#N)C1. The number of nitrogens with zero attached hydrogens (tertiary/aromatic N) is 1. The molecule has 0 aromatic heterocycles. The molecule has 1 fully saturated rings. The van der Waals surface area contributed by atoms with Gasteiger partial charge in [0.15, 0.2) is 0 Å². The quantitative estimate of drug-likeness (QED) is 0.650. The van der Waals surface area contributed by atoms with Gasteiger partial charge in [-0.3, -0.25) is 0 Å². The van der Waals surface area contributed by atoms with Crippen molar-refractivity contribution in [2.45, 2.75) is 38.3 Å². The Morgan fingerprint density at radius 3 is 2.92 bits per heavy atom. The van der Waals surface area contributed by atoms with Crippen LogP contribution in [0.2, 0.25) is 0 Å². The van der Waals surface area contributed by atoms with Crippen molar-refractivity contribution in [1.82, 2.24) is 5.32 Å². The monoisotopic (exact) mass is 168 g/mol. The van der Waals surface area contributed by atoms with Crippen molar-refractivity contribution in [3.63, 3.8) is 0 Å². The normalized spacial score (nSPS) is 31.4. The molecule has 0 radical (unpaired) electrons. The van der Waals surface area contributed by atoms with Gasteiger partial charge >= 0.3 is 0 Å². The van der Waals surface area contributed by atoms with Crippen molar-refractivity contribution < 1.29 is 5.11 Å². The minimum atomic E-state index is -0.286. The summed E-state index contributed by atoms with van der Waals surface area (Å²) in [6.07, 6.45) is 2.74. The van der Waals surface area contributed by atoms with Crippen molar-refractivity contribution in [2.75, 3.05) is 6.54 Å². The van der Waals surface area contributed by atoms with Crippen LogP contribution in [0.15, 0.2) is 0 Å². The van der Waals surface area contributed by atoms with Gasteiger partial charge in [-0.25, -0.2) is 0 Å². The lowest BCUT2D eigenvalue weighted by atomic mass is 10.1. The number of hydrogen-bond acceptors (Lipinski definition) is 3. The van der Waals surface area contributed by atoms with Crippen LogP contribution in [-0.2, 0) is 0 Å². The molecule has 1 saturated carbocycles. The molecule has 0 aliphatic heterocycles. The van der Waals surface area contributed by atoms with Crippen LogP contribution < -0.4 is 5.32 Å². The third kappa shape index (κ3) is 2.80. The maximum absolute atomic E-state index is 9.01. The molecule has 68 valence electrons. The molecule has 2 unspecified atom stereocenters. The predicted octanol–water partition coefficient (Wildman–Crippen LogP) is 0.649. The van der Waals surface area contributed by atoms with Gasteiger partial charge in [-0.1, -0.05) is 0 Å². The van der Waals surface area contributed by atoms with E-state index in [0.29, 0.717) is 12.6 Å². The second kappa shape index (κ2) is 4.44. The summed E-state index contributed by atoms with van der Waals surface area (Å²) in [5.41, 5.74) is 0. The molecule has 0 heterocycles. The minimum Gasteiger partial charge on any atom is -0.392 e. The summed E-state index contributed by atoms with van der Waals surface area (Å²) >= 11 is 0. The Kier molecular flexibility index (Phi) is 3.51. The van der Waals surface area contributed by atoms with Gasteiger partial charge in [0.25, 0.3) is 0 Å². The summed E-state index contributed by atoms with van der Waals surface area (Å²) in [6, 6.07) is 2.73. The smallest absolute Gasteiger partial charge is 0.0656 e. The molecule has 1 aliphatic carbocycles. The predicted molar refractivity (Wildman–Crippen MR) is 46.4 cm³/mol. The molecule has 0 spiro atoms. The Balaban J connectivity index is 2.16. The number of aliphatic hydroxyl groups excluding tert-OH is 1. The summed E-state index contributed by atoms with van der Waals surface area (Å²) in [4.78, 5) is 0. The second-order valence-corrected chi connectivity index (χ2v) is 3.59. The third-order valence-electron chi connectivity index (χ3n) is 2.32. The van der Waals surface area contributed by atoms with Gasteiger partial charge in [-0.2, -0.15) is 5.26 Å². The molecular formula is C9H16N2O. The minimum absolute atomic E-state index is 0.233. The first-order chi connectivity index (χ1) is 5.72. The average Bonchev–Trinajstić information content (AvgIpc) is 2.48. The maximum atomic E-state index is 9.01. The fraction of sp³-hybridized carbons (Fsp3) is 0.889.